The molecule has 1 aromatic rings. The van der Waals surface area contributed by atoms with E-state index in [2.05, 4.69) is 0 Å². The molecule has 4 heteroatoms. The molecule has 98 valence electrons. The maximum atomic E-state index is 12.2. The molecule has 0 saturated carbocycles. The van der Waals surface area contributed by atoms with Crippen molar-refractivity contribution < 1.29 is 14.6 Å². The molecule has 0 spiro atoms. The number of aliphatic hydroxyl groups excluding tert-OH is 1. The van der Waals surface area contributed by atoms with Gasteiger partial charge in [-0.1, -0.05) is 18.2 Å². The SMILES string of the molecule is CN(CCCO)C(=O)C1COc2ccccc2C1. The highest BCUT2D eigenvalue weighted by molar-refractivity contribution is 5.79. The molecule has 1 N–H and O–H groups in total. The van der Waals surface area contributed by atoms with Crippen LogP contribution in [-0.2, 0) is 11.2 Å². The van der Waals surface area contributed by atoms with E-state index in [1.807, 2.05) is 24.3 Å². The van der Waals surface area contributed by atoms with Gasteiger partial charge in [0.2, 0.25) is 5.91 Å². The molecule has 0 bridgehead atoms. The van der Waals surface area contributed by atoms with Gasteiger partial charge in [-0.15, -0.1) is 0 Å². The van der Waals surface area contributed by atoms with Crippen molar-refractivity contribution in [3.8, 4) is 5.75 Å². The smallest absolute Gasteiger partial charge is 0.229 e. The first-order chi connectivity index (χ1) is 8.72. The summed E-state index contributed by atoms with van der Waals surface area (Å²) in [6.07, 6.45) is 1.35. The van der Waals surface area contributed by atoms with Gasteiger partial charge in [-0.3, -0.25) is 4.79 Å². The zero-order valence-electron chi connectivity index (χ0n) is 10.6. The number of rotatable bonds is 4. The van der Waals surface area contributed by atoms with Gasteiger partial charge in [0.05, 0.1) is 5.92 Å². The largest absolute Gasteiger partial charge is 0.492 e. The predicted octanol–water partition coefficient (Wildman–Crippen LogP) is 1.08. The molecule has 1 unspecified atom stereocenters. The van der Waals surface area contributed by atoms with Gasteiger partial charge in [0.15, 0.2) is 0 Å². The number of aliphatic hydroxyl groups is 1. The first kappa shape index (κ1) is 12.9. The molecule has 1 aliphatic rings. The van der Waals surface area contributed by atoms with Crippen molar-refractivity contribution in [2.45, 2.75) is 12.8 Å². The van der Waals surface area contributed by atoms with E-state index in [1.165, 1.54) is 0 Å². The van der Waals surface area contributed by atoms with E-state index in [0.29, 0.717) is 19.6 Å². The summed E-state index contributed by atoms with van der Waals surface area (Å²) in [5, 5.41) is 8.77. The Morgan fingerprint density at radius 1 is 1.50 bits per heavy atom. The number of benzene rings is 1. The Hall–Kier alpha value is -1.55. The van der Waals surface area contributed by atoms with Crippen molar-refractivity contribution in [2.75, 3.05) is 26.8 Å². The maximum absolute atomic E-state index is 12.2. The van der Waals surface area contributed by atoms with Gasteiger partial charge in [-0.25, -0.2) is 0 Å². The first-order valence-electron chi connectivity index (χ1n) is 6.29. The van der Waals surface area contributed by atoms with E-state index >= 15 is 0 Å². The van der Waals surface area contributed by atoms with Crippen molar-refractivity contribution >= 4 is 5.91 Å². The minimum atomic E-state index is -0.108. The fourth-order valence-electron chi connectivity index (χ4n) is 2.22. The number of ether oxygens (including phenoxy) is 1. The van der Waals surface area contributed by atoms with Crippen LogP contribution in [0.3, 0.4) is 0 Å². The van der Waals surface area contributed by atoms with Crippen LogP contribution in [0.5, 0.6) is 5.75 Å². The fraction of sp³-hybridized carbons (Fsp3) is 0.500. The second-order valence-electron chi connectivity index (χ2n) is 4.66. The molecule has 4 nitrogen and oxygen atoms in total. The Morgan fingerprint density at radius 3 is 3.06 bits per heavy atom. The van der Waals surface area contributed by atoms with Gasteiger partial charge >= 0.3 is 0 Å². The number of fused-ring (bicyclic) bond motifs is 1. The standard InChI is InChI=1S/C14H19NO3/c1-15(7-4-8-16)14(17)12-9-11-5-2-3-6-13(11)18-10-12/h2-3,5-6,12,16H,4,7-10H2,1H3. The van der Waals surface area contributed by atoms with E-state index in [4.69, 9.17) is 9.84 Å². The Labute approximate surface area is 107 Å². The minimum absolute atomic E-state index is 0.0953. The summed E-state index contributed by atoms with van der Waals surface area (Å²) >= 11 is 0. The lowest BCUT2D eigenvalue weighted by molar-refractivity contribution is -0.135. The number of nitrogens with zero attached hydrogens (tertiary/aromatic N) is 1. The van der Waals surface area contributed by atoms with Gasteiger partial charge in [-0.2, -0.15) is 0 Å². The molecule has 1 aliphatic heterocycles. The second-order valence-corrected chi connectivity index (χ2v) is 4.66. The van der Waals surface area contributed by atoms with E-state index in [-0.39, 0.29) is 18.4 Å². The predicted molar refractivity (Wildman–Crippen MR) is 68.5 cm³/mol. The Morgan fingerprint density at radius 2 is 2.28 bits per heavy atom. The Balaban J connectivity index is 1.98. The van der Waals surface area contributed by atoms with Crippen molar-refractivity contribution in [2.24, 2.45) is 5.92 Å². The average molecular weight is 249 g/mol. The third-order valence-electron chi connectivity index (χ3n) is 3.26. The van der Waals surface area contributed by atoms with Crippen molar-refractivity contribution in [1.82, 2.24) is 4.90 Å². The molecule has 0 fully saturated rings. The Bertz CT molecular complexity index is 419. The summed E-state index contributed by atoms with van der Waals surface area (Å²) < 4.78 is 5.61. The fourth-order valence-corrected chi connectivity index (χ4v) is 2.22. The number of carbonyl (C=O) groups excluding carboxylic acids is 1. The number of para-hydroxylation sites is 1. The minimum Gasteiger partial charge on any atom is -0.492 e. The Kier molecular flexibility index (Phi) is 4.20. The molecule has 1 atom stereocenters. The average Bonchev–Trinajstić information content (AvgIpc) is 2.43. The summed E-state index contributed by atoms with van der Waals surface area (Å²) in [5.41, 5.74) is 1.10. The van der Waals surface area contributed by atoms with Crippen LogP contribution in [0, 0.1) is 5.92 Å². The van der Waals surface area contributed by atoms with Crippen molar-refractivity contribution in [3.05, 3.63) is 29.8 Å². The molecule has 1 heterocycles. The normalized spacial score (nSPS) is 17.8. The molecule has 0 radical (unpaired) electrons. The highest BCUT2D eigenvalue weighted by Gasteiger charge is 2.27. The van der Waals surface area contributed by atoms with E-state index in [9.17, 15) is 4.79 Å². The lowest BCUT2D eigenvalue weighted by Crippen LogP contribution is -2.39. The van der Waals surface area contributed by atoms with Gasteiger partial charge in [0, 0.05) is 20.2 Å². The van der Waals surface area contributed by atoms with Crippen molar-refractivity contribution in [3.63, 3.8) is 0 Å². The maximum Gasteiger partial charge on any atom is 0.229 e. The van der Waals surface area contributed by atoms with Crippen LogP contribution in [0.1, 0.15) is 12.0 Å². The third kappa shape index (κ3) is 2.82. The third-order valence-corrected chi connectivity index (χ3v) is 3.26. The van der Waals surface area contributed by atoms with Crippen LogP contribution in [0.15, 0.2) is 24.3 Å². The van der Waals surface area contributed by atoms with Gasteiger partial charge in [0.1, 0.15) is 12.4 Å². The molecular weight excluding hydrogens is 230 g/mol. The lowest BCUT2D eigenvalue weighted by atomic mass is 9.95. The molecule has 1 aromatic carbocycles. The number of amides is 1. The van der Waals surface area contributed by atoms with Crippen LogP contribution in [-0.4, -0.2) is 42.7 Å². The van der Waals surface area contributed by atoms with Crippen molar-refractivity contribution in [1.29, 1.82) is 0 Å². The van der Waals surface area contributed by atoms with Crippen LogP contribution in [0.2, 0.25) is 0 Å². The van der Waals surface area contributed by atoms with Gasteiger partial charge in [0.25, 0.3) is 0 Å². The quantitative estimate of drug-likeness (QED) is 0.868. The summed E-state index contributed by atoms with van der Waals surface area (Å²) in [6, 6.07) is 7.84. The molecule has 2 rings (SSSR count). The summed E-state index contributed by atoms with van der Waals surface area (Å²) in [4.78, 5) is 13.9. The van der Waals surface area contributed by atoms with Crippen LogP contribution < -0.4 is 4.74 Å². The highest BCUT2D eigenvalue weighted by atomic mass is 16.5. The molecule has 0 aromatic heterocycles. The van der Waals surface area contributed by atoms with Crippen LogP contribution in [0.25, 0.3) is 0 Å². The van der Waals surface area contributed by atoms with Crippen LogP contribution >= 0.6 is 0 Å². The second kappa shape index (κ2) is 5.87. The zero-order valence-corrected chi connectivity index (χ0v) is 10.6. The topological polar surface area (TPSA) is 49.8 Å². The van der Waals surface area contributed by atoms with Crippen LogP contribution in [0.4, 0.5) is 0 Å². The summed E-state index contributed by atoms with van der Waals surface area (Å²) in [5.74, 6) is 0.876. The van der Waals surface area contributed by atoms with E-state index in [1.54, 1.807) is 11.9 Å². The molecule has 0 aliphatic carbocycles. The number of hydrogen-bond donors (Lipinski definition) is 1. The first-order valence-corrected chi connectivity index (χ1v) is 6.29. The molecule has 0 saturated heterocycles. The summed E-state index contributed by atoms with van der Waals surface area (Å²) in [6.45, 7) is 1.15. The van der Waals surface area contributed by atoms with E-state index in [0.717, 1.165) is 17.7 Å². The zero-order chi connectivity index (χ0) is 13.0. The molecule has 1 amide bonds. The number of hydrogen-bond acceptors (Lipinski definition) is 3. The van der Waals surface area contributed by atoms with E-state index < -0.39 is 0 Å². The summed E-state index contributed by atoms with van der Waals surface area (Å²) in [7, 11) is 1.78. The lowest BCUT2D eigenvalue weighted by Gasteiger charge is -2.28. The molecule has 18 heavy (non-hydrogen) atoms. The van der Waals surface area contributed by atoms with Gasteiger partial charge in [-0.05, 0) is 24.5 Å². The highest BCUT2D eigenvalue weighted by Crippen LogP contribution is 2.27. The molecular formula is C14H19NO3. The number of carbonyl (C=O) groups is 1. The monoisotopic (exact) mass is 249 g/mol. The van der Waals surface area contributed by atoms with Gasteiger partial charge < -0.3 is 14.7 Å².